The topological polar surface area (TPSA) is 109 Å². The minimum absolute atomic E-state index is 0.0161. The van der Waals surface area contributed by atoms with E-state index in [9.17, 15) is 15.3 Å². The molecule has 1 fully saturated rings. The molecule has 2 unspecified atom stereocenters. The third-order valence-corrected chi connectivity index (χ3v) is 4.23. The van der Waals surface area contributed by atoms with Crippen molar-refractivity contribution in [2.24, 2.45) is 11.8 Å². The van der Waals surface area contributed by atoms with E-state index in [2.05, 4.69) is 0 Å². The highest BCUT2D eigenvalue weighted by Crippen LogP contribution is 2.36. The molecule has 21 heavy (non-hydrogen) atoms. The lowest BCUT2D eigenvalue weighted by molar-refractivity contribution is -0.338. The van der Waals surface area contributed by atoms with Crippen LogP contribution in [0.2, 0.25) is 0 Å². The molecule has 3 rings (SSSR count). The number of ether oxygens (including phenoxy) is 3. The summed E-state index contributed by atoms with van der Waals surface area (Å²) in [7, 11) is 0. The van der Waals surface area contributed by atoms with Crippen molar-refractivity contribution < 1.29 is 34.6 Å². The second-order valence-corrected chi connectivity index (χ2v) is 5.57. The molecule has 0 spiro atoms. The number of aliphatic hydroxyl groups excluding tert-OH is 4. The molecule has 2 heterocycles. The van der Waals surface area contributed by atoms with Gasteiger partial charge in [-0.25, -0.2) is 0 Å². The fourth-order valence-corrected chi connectivity index (χ4v) is 2.94. The quantitative estimate of drug-likeness (QED) is 0.488. The second-order valence-electron chi connectivity index (χ2n) is 5.57. The van der Waals surface area contributed by atoms with Gasteiger partial charge in [0.25, 0.3) is 0 Å². The molecule has 0 amide bonds. The fraction of sp³-hybridized carbons (Fsp3) is 0.714. The predicted molar refractivity (Wildman–Crippen MR) is 69.6 cm³/mol. The van der Waals surface area contributed by atoms with Gasteiger partial charge in [0.2, 0.25) is 6.29 Å². The Bertz CT molecular complexity index is 422. The van der Waals surface area contributed by atoms with Crippen LogP contribution < -0.4 is 0 Å². The van der Waals surface area contributed by atoms with Crippen LogP contribution in [-0.4, -0.2) is 64.0 Å². The van der Waals surface area contributed by atoms with Gasteiger partial charge in [0, 0.05) is 5.92 Å². The van der Waals surface area contributed by atoms with Crippen molar-refractivity contribution in [3.63, 3.8) is 0 Å². The largest absolute Gasteiger partial charge is 0.472 e. The molecule has 8 atom stereocenters. The highest BCUT2D eigenvalue weighted by molar-refractivity contribution is 5.11. The zero-order valence-corrected chi connectivity index (χ0v) is 11.4. The van der Waals surface area contributed by atoms with Crippen LogP contribution in [0.1, 0.15) is 6.42 Å². The van der Waals surface area contributed by atoms with Crippen molar-refractivity contribution in [3.05, 3.63) is 24.5 Å². The summed E-state index contributed by atoms with van der Waals surface area (Å²) in [5.74, 6) is 0.302. The first-order chi connectivity index (χ1) is 10.1. The zero-order valence-electron chi connectivity index (χ0n) is 11.4. The number of rotatable bonds is 3. The third-order valence-electron chi connectivity index (χ3n) is 4.23. The molecule has 1 saturated heterocycles. The zero-order chi connectivity index (χ0) is 15.0. The fourth-order valence-electron chi connectivity index (χ4n) is 2.94. The highest BCUT2D eigenvalue weighted by atomic mass is 16.8. The summed E-state index contributed by atoms with van der Waals surface area (Å²) in [4.78, 5) is 0. The first-order valence-electron chi connectivity index (χ1n) is 7.06. The van der Waals surface area contributed by atoms with E-state index in [1.807, 2.05) is 18.2 Å². The van der Waals surface area contributed by atoms with Crippen LogP contribution in [0.25, 0.3) is 0 Å². The maximum atomic E-state index is 9.96. The van der Waals surface area contributed by atoms with Crippen molar-refractivity contribution in [2.75, 3.05) is 6.61 Å². The van der Waals surface area contributed by atoms with Crippen molar-refractivity contribution in [2.45, 2.75) is 43.4 Å². The predicted octanol–water partition coefficient (Wildman–Crippen LogP) is -1.13. The summed E-state index contributed by atoms with van der Waals surface area (Å²) >= 11 is 0. The van der Waals surface area contributed by atoms with Gasteiger partial charge in [-0.15, -0.1) is 0 Å². The van der Waals surface area contributed by atoms with Gasteiger partial charge in [-0.2, -0.15) is 0 Å². The highest BCUT2D eigenvalue weighted by Gasteiger charge is 2.46. The smallest absolute Gasteiger partial charge is 0.208 e. The van der Waals surface area contributed by atoms with Crippen LogP contribution in [-0.2, 0) is 14.2 Å². The van der Waals surface area contributed by atoms with Gasteiger partial charge in [0.15, 0.2) is 6.29 Å². The Balaban J connectivity index is 1.69. The molecule has 0 radical (unpaired) electrons. The van der Waals surface area contributed by atoms with Crippen LogP contribution in [0.4, 0.5) is 0 Å². The molecule has 7 heteroatoms. The molecule has 0 aromatic carbocycles. The first kappa shape index (κ1) is 15.0. The summed E-state index contributed by atoms with van der Waals surface area (Å²) < 4.78 is 16.4. The lowest BCUT2D eigenvalue weighted by Crippen LogP contribution is -2.60. The van der Waals surface area contributed by atoms with Gasteiger partial charge in [-0.3, -0.25) is 0 Å². The lowest BCUT2D eigenvalue weighted by atomic mass is 9.93. The average molecular weight is 300 g/mol. The van der Waals surface area contributed by atoms with Gasteiger partial charge in [0.1, 0.15) is 24.4 Å². The van der Waals surface area contributed by atoms with Crippen LogP contribution in [0, 0.1) is 11.8 Å². The van der Waals surface area contributed by atoms with Crippen LogP contribution >= 0.6 is 0 Å². The molecule has 7 nitrogen and oxygen atoms in total. The van der Waals surface area contributed by atoms with E-state index in [4.69, 9.17) is 19.3 Å². The van der Waals surface area contributed by atoms with E-state index in [-0.39, 0.29) is 11.8 Å². The van der Waals surface area contributed by atoms with Crippen molar-refractivity contribution in [3.8, 4) is 0 Å². The van der Waals surface area contributed by atoms with Gasteiger partial charge in [-0.05, 0) is 18.4 Å². The number of hydrogen-bond acceptors (Lipinski definition) is 7. The van der Waals surface area contributed by atoms with Crippen molar-refractivity contribution >= 4 is 0 Å². The van der Waals surface area contributed by atoms with Crippen molar-refractivity contribution in [1.82, 2.24) is 0 Å². The van der Waals surface area contributed by atoms with E-state index in [0.717, 1.165) is 6.42 Å². The minimum atomic E-state index is -1.45. The van der Waals surface area contributed by atoms with Crippen molar-refractivity contribution in [1.29, 1.82) is 0 Å². The van der Waals surface area contributed by atoms with Gasteiger partial charge < -0.3 is 34.6 Å². The lowest BCUT2D eigenvalue weighted by Gasteiger charge is -2.42. The van der Waals surface area contributed by atoms with E-state index >= 15 is 0 Å². The summed E-state index contributed by atoms with van der Waals surface area (Å²) in [5, 5.41) is 38.6. The Labute approximate surface area is 122 Å². The average Bonchev–Trinajstić information content (AvgIpc) is 2.97. The molecular weight excluding hydrogens is 280 g/mol. The molecule has 4 N–H and O–H groups in total. The molecule has 0 aromatic heterocycles. The maximum absolute atomic E-state index is 9.96. The SMILES string of the molecule is OC[C@H]1O[C@@H](O[C@@H]2OC=CC3CC=CC32)[C@H](O)[C@@H](O)[C@@H]1O. The molecule has 1 aliphatic carbocycles. The van der Waals surface area contributed by atoms with Crippen LogP contribution in [0.5, 0.6) is 0 Å². The number of allylic oxidation sites excluding steroid dienone is 2. The number of fused-ring (bicyclic) bond motifs is 1. The number of hydrogen-bond donors (Lipinski definition) is 4. The van der Waals surface area contributed by atoms with Crippen LogP contribution in [0.15, 0.2) is 24.5 Å². The third kappa shape index (κ3) is 2.73. The Morgan fingerprint density at radius 1 is 1.05 bits per heavy atom. The van der Waals surface area contributed by atoms with E-state index in [1.165, 1.54) is 0 Å². The minimum Gasteiger partial charge on any atom is -0.472 e. The normalized spacial score (nSPS) is 49.0. The van der Waals surface area contributed by atoms with Gasteiger partial charge in [0.05, 0.1) is 12.9 Å². The summed E-state index contributed by atoms with van der Waals surface area (Å²) in [5.41, 5.74) is 0. The summed E-state index contributed by atoms with van der Waals surface area (Å²) in [6, 6.07) is 0. The van der Waals surface area contributed by atoms with E-state index in [1.54, 1.807) is 6.26 Å². The molecule has 0 bridgehead atoms. The summed E-state index contributed by atoms with van der Waals surface area (Å²) in [6.45, 7) is -0.484. The monoisotopic (exact) mass is 300 g/mol. The Morgan fingerprint density at radius 2 is 1.86 bits per heavy atom. The second kappa shape index (κ2) is 6.04. The number of aliphatic hydroxyl groups is 4. The molecule has 118 valence electrons. The Hall–Kier alpha value is -0.960. The van der Waals surface area contributed by atoms with E-state index < -0.39 is 43.6 Å². The van der Waals surface area contributed by atoms with Crippen LogP contribution in [0.3, 0.4) is 0 Å². The Morgan fingerprint density at radius 3 is 2.62 bits per heavy atom. The Kier molecular flexibility index (Phi) is 4.30. The van der Waals surface area contributed by atoms with E-state index in [0.29, 0.717) is 0 Å². The molecule has 3 aliphatic rings. The molecule has 0 aromatic rings. The molecular formula is C14H20O7. The first-order valence-corrected chi connectivity index (χ1v) is 7.06. The maximum Gasteiger partial charge on any atom is 0.208 e. The van der Waals surface area contributed by atoms with Gasteiger partial charge in [-0.1, -0.05) is 12.2 Å². The standard InChI is InChI=1S/C14H20O7/c15-6-9-10(16)11(17)12(18)14(20-9)21-13-8-3-1-2-7(8)4-5-19-13/h1,3-5,7-18H,2,6H2/t7?,8?,9-,10-,11+,12-,13+,14+/m1/s1. The van der Waals surface area contributed by atoms with Gasteiger partial charge >= 0.3 is 0 Å². The summed E-state index contributed by atoms with van der Waals surface area (Å²) in [6.07, 6.45) is 1.39. The molecule has 2 aliphatic heterocycles. The molecule has 0 saturated carbocycles.